The fourth-order valence-corrected chi connectivity index (χ4v) is 1.40. The zero-order chi connectivity index (χ0) is 11.6. The monoisotopic (exact) mass is 274 g/mol. The van der Waals surface area contributed by atoms with Crippen LogP contribution in [0, 0.1) is 0 Å². The molecule has 0 aliphatic carbocycles. The van der Waals surface area contributed by atoms with Crippen LogP contribution in [-0.4, -0.2) is 40.1 Å². The van der Waals surface area contributed by atoms with Crippen LogP contribution in [0.3, 0.4) is 0 Å². The molecule has 0 radical (unpaired) electrons. The van der Waals surface area contributed by atoms with Crippen molar-refractivity contribution in [1.82, 2.24) is 9.88 Å². The molecular weight excluding hydrogens is 260 g/mol. The molecular formula is C10H15BrN2O2. The van der Waals surface area contributed by atoms with E-state index in [-0.39, 0.29) is 12.5 Å². The normalized spacial score (nSPS) is 11.5. The summed E-state index contributed by atoms with van der Waals surface area (Å²) in [5, 5.41) is 9.15. The largest absolute Gasteiger partial charge is 0.394 e. The van der Waals surface area contributed by atoms with E-state index in [4.69, 9.17) is 5.11 Å². The Labute approximate surface area is 97.4 Å². The van der Waals surface area contributed by atoms with E-state index in [2.05, 4.69) is 20.9 Å². The number of hydrogen-bond donors (Lipinski definition) is 2. The summed E-state index contributed by atoms with van der Waals surface area (Å²) in [5.41, 5.74) is -0.0554. The smallest absolute Gasteiger partial charge is 0.270 e. The number of aromatic amines is 1. The molecule has 1 aromatic heterocycles. The van der Waals surface area contributed by atoms with Gasteiger partial charge in [-0.3, -0.25) is 4.79 Å². The lowest BCUT2D eigenvalue weighted by atomic mass is 10.0. The Hall–Kier alpha value is -0.810. The van der Waals surface area contributed by atoms with Gasteiger partial charge in [-0.05, 0) is 35.8 Å². The minimum Gasteiger partial charge on any atom is -0.394 e. The van der Waals surface area contributed by atoms with E-state index < -0.39 is 5.54 Å². The topological polar surface area (TPSA) is 56.3 Å². The van der Waals surface area contributed by atoms with Crippen LogP contribution in [-0.2, 0) is 0 Å². The van der Waals surface area contributed by atoms with Crippen molar-refractivity contribution in [2.45, 2.75) is 19.4 Å². The Morgan fingerprint density at radius 3 is 2.67 bits per heavy atom. The number of nitrogens with zero attached hydrogens (tertiary/aromatic N) is 1. The number of halogens is 1. The Bertz CT molecular complexity index is 360. The van der Waals surface area contributed by atoms with Gasteiger partial charge in [-0.1, -0.05) is 0 Å². The fourth-order valence-electron chi connectivity index (χ4n) is 1.05. The number of carbonyl (C=O) groups excluding carboxylic acids is 1. The third-order valence-electron chi connectivity index (χ3n) is 2.48. The van der Waals surface area contributed by atoms with E-state index in [1.807, 2.05) is 13.8 Å². The van der Waals surface area contributed by atoms with Gasteiger partial charge in [-0.2, -0.15) is 0 Å². The summed E-state index contributed by atoms with van der Waals surface area (Å²) in [6.07, 6.45) is 1.70. The van der Waals surface area contributed by atoms with E-state index in [1.54, 1.807) is 19.3 Å². The predicted molar refractivity (Wildman–Crippen MR) is 61.8 cm³/mol. The van der Waals surface area contributed by atoms with Gasteiger partial charge in [-0.25, -0.2) is 0 Å². The number of nitrogens with one attached hydrogen (secondary N) is 1. The summed E-state index contributed by atoms with van der Waals surface area (Å²) >= 11 is 3.27. The zero-order valence-electron chi connectivity index (χ0n) is 9.04. The molecule has 0 spiro atoms. The Kier molecular flexibility index (Phi) is 3.57. The highest BCUT2D eigenvalue weighted by atomic mass is 79.9. The SMILES string of the molecule is CN(C(=O)c1cc(Br)c[nH]1)C(C)(C)CO. The first-order valence-electron chi connectivity index (χ1n) is 4.61. The van der Waals surface area contributed by atoms with E-state index in [0.717, 1.165) is 4.47 Å². The Morgan fingerprint density at radius 1 is 1.67 bits per heavy atom. The van der Waals surface area contributed by atoms with E-state index in [1.165, 1.54) is 4.90 Å². The zero-order valence-corrected chi connectivity index (χ0v) is 10.6. The Balaban J connectivity index is 2.86. The molecule has 1 heterocycles. The summed E-state index contributed by atoms with van der Waals surface area (Å²) in [6, 6.07) is 1.71. The quantitative estimate of drug-likeness (QED) is 0.880. The molecule has 0 aromatic carbocycles. The molecule has 0 bridgehead atoms. The van der Waals surface area contributed by atoms with Crippen molar-refractivity contribution >= 4 is 21.8 Å². The van der Waals surface area contributed by atoms with Crippen LogP contribution in [0.2, 0.25) is 0 Å². The lowest BCUT2D eigenvalue weighted by Crippen LogP contribution is -2.47. The van der Waals surface area contributed by atoms with Crippen LogP contribution in [0.15, 0.2) is 16.7 Å². The molecule has 1 rings (SSSR count). The number of aromatic nitrogens is 1. The molecule has 4 nitrogen and oxygen atoms in total. The number of carbonyl (C=O) groups is 1. The summed E-state index contributed by atoms with van der Waals surface area (Å²) in [6.45, 7) is 3.54. The average molecular weight is 275 g/mol. The molecule has 0 saturated carbocycles. The molecule has 2 N–H and O–H groups in total. The van der Waals surface area contributed by atoms with Crippen molar-refractivity contribution in [2.75, 3.05) is 13.7 Å². The third-order valence-corrected chi connectivity index (χ3v) is 2.94. The van der Waals surface area contributed by atoms with Crippen LogP contribution in [0.5, 0.6) is 0 Å². The number of hydrogen-bond acceptors (Lipinski definition) is 2. The van der Waals surface area contributed by atoms with E-state index in [0.29, 0.717) is 5.69 Å². The van der Waals surface area contributed by atoms with Crippen molar-refractivity contribution in [1.29, 1.82) is 0 Å². The standard InChI is InChI=1S/C10H15BrN2O2/c1-10(2,6-14)13(3)9(15)8-4-7(11)5-12-8/h4-5,12,14H,6H2,1-3H3. The van der Waals surface area contributed by atoms with Crippen molar-refractivity contribution in [3.63, 3.8) is 0 Å². The van der Waals surface area contributed by atoms with Gasteiger partial charge in [0, 0.05) is 17.7 Å². The van der Waals surface area contributed by atoms with Crippen molar-refractivity contribution in [2.24, 2.45) is 0 Å². The minimum atomic E-state index is -0.561. The lowest BCUT2D eigenvalue weighted by Gasteiger charge is -2.33. The maximum Gasteiger partial charge on any atom is 0.270 e. The van der Waals surface area contributed by atoms with Crippen LogP contribution in [0.25, 0.3) is 0 Å². The average Bonchev–Trinajstić information content (AvgIpc) is 2.62. The second-order valence-corrected chi connectivity index (χ2v) is 4.98. The van der Waals surface area contributed by atoms with Crippen molar-refractivity contribution < 1.29 is 9.90 Å². The van der Waals surface area contributed by atoms with Gasteiger partial charge in [0.25, 0.3) is 5.91 Å². The van der Waals surface area contributed by atoms with Crippen LogP contribution < -0.4 is 0 Å². The summed E-state index contributed by atoms with van der Waals surface area (Å²) in [5.74, 6) is -0.139. The first-order chi connectivity index (χ1) is 6.88. The predicted octanol–water partition coefficient (Wildman–Crippen LogP) is 1.62. The van der Waals surface area contributed by atoms with Gasteiger partial charge >= 0.3 is 0 Å². The van der Waals surface area contributed by atoms with E-state index >= 15 is 0 Å². The number of aliphatic hydroxyl groups is 1. The molecule has 1 aromatic rings. The molecule has 0 aliphatic rings. The minimum absolute atomic E-state index is 0.0723. The van der Waals surface area contributed by atoms with Crippen LogP contribution >= 0.6 is 15.9 Å². The molecule has 0 aliphatic heterocycles. The highest BCUT2D eigenvalue weighted by molar-refractivity contribution is 9.10. The maximum atomic E-state index is 11.9. The van der Waals surface area contributed by atoms with E-state index in [9.17, 15) is 4.79 Å². The first-order valence-corrected chi connectivity index (χ1v) is 5.41. The molecule has 1 amide bonds. The maximum absolute atomic E-state index is 11.9. The van der Waals surface area contributed by atoms with Crippen LogP contribution in [0.1, 0.15) is 24.3 Å². The number of rotatable bonds is 3. The van der Waals surface area contributed by atoms with Gasteiger partial charge in [0.2, 0.25) is 0 Å². The molecule has 0 saturated heterocycles. The van der Waals surface area contributed by atoms with Crippen molar-refractivity contribution in [3.05, 3.63) is 22.4 Å². The summed E-state index contributed by atoms with van der Waals surface area (Å²) in [4.78, 5) is 16.3. The number of likely N-dealkylation sites (N-methyl/N-ethyl adjacent to an activating group) is 1. The van der Waals surface area contributed by atoms with Gasteiger partial charge in [0.1, 0.15) is 5.69 Å². The van der Waals surface area contributed by atoms with Crippen LogP contribution in [0.4, 0.5) is 0 Å². The number of amides is 1. The second kappa shape index (κ2) is 4.37. The van der Waals surface area contributed by atoms with Gasteiger partial charge in [0.05, 0.1) is 12.1 Å². The molecule has 84 valence electrons. The summed E-state index contributed by atoms with van der Waals surface area (Å²) < 4.78 is 0.834. The lowest BCUT2D eigenvalue weighted by molar-refractivity contribution is 0.0468. The molecule has 15 heavy (non-hydrogen) atoms. The molecule has 0 atom stereocenters. The second-order valence-electron chi connectivity index (χ2n) is 4.07. The summed E-state index contributed by atoms with van der Waals surface area (Å²) in [7, 11) is 1.67. The fraction of sp³-hybridized carbons (Fsp3) is 0.500. The van der Waals surface area contributed by atoms with Gasteiger partial charge in [0.15, 0.2) is 0 Å². The highest BCUT2D eigenvalue weighted by Gasteiger charge is 2.28. The number of aliphatic hydroxyl groups excluding tert-OH is 1. The Morgan fingerprint density at radius 2 is 2.27 bits per heavy atom. The first kappa shape index (κ1) is 12.3. The highest BCUT2D eigenvalue weighted by Crippen LogP contribution is 2.17. The molecule has 0 unspecified atom stereocenters. The molecule has 0 fully saturated rings. The van der Waals surface area contributed by atoms with Gasteiger partial charge in [-0.15, -0.1) is 0 Å². The van der Waals surface area contributed by atoms with Crippen molar-refractivity contribution in [3.8, 4) is 0 Å². The van der Waals surface area contributed by atoms with Gasteiger partial charge < -0.3 is 15.0 Å². The molecule has 5 heteroatoms. The number of H-pyrrole nitrogens is 1. The third kappa shape index (κ3) is 2.60.